The molecule has 0 aliphatic carbocycles. The monoisotopic (exact) mass is 1710 g/mol. The minimum absolute atomic E-state index is 0.0102. The predicted molar refractivity (Wildman–Crippen MR) is 418 cm³/mol. The van der Waals surface area contributed by atoms with Crippen LogP contribution in [0.15, 0.2) is 73.6 Å². The molecule has 0 bridgehead atoms. The van der Waals surface area contributed by atoms with Gasteiger partial charge in [0.15, 0.2) is 13.2 Å². The molecule has 6 rings (SSSR count). The van der Waals surface area contributed by atoms with Gasteiger partial charge in [-0.15, -0.1) is 0 Å². The number of halogens is 7. The Morgan fingerprint density at radius 3 is 0.891 bits per heavy atom. The summed E-state index contributed by atoms with van der Waals surface area (Å²) in [5, 5.41) is 31.9. The van der Waals surface area contributed by atoms with Gasteiger partial charge in [-0.3, -0.25) is 83.5 Å². The largest absolute Gasteiger partial charge is 0.474 e. The highest BCUT2D eigenvalue weighted by molar-refractivity contribution is 6.80. The quantitative estimate of drug-likeness (QED) is 0.00939. The molecule has 0 aliphatic heterocycles. The Labute approximate surface area is 685 Å². The van der Waals surface area contributed by atoms with Crippen LogP contribution in [0, 0.1) is 61.8 Å². The van der Waals surface area contributed by atoms with Crippen molar-refractivity contribution in [3.05, 3.63) is 156 Å². The molecule has 6 heterocycles. The molecule has 0 saturated heterocycles. The normalized spacial score (nSPS) is 11.1. The maximum Gasteiger partial charge on any atom is 0.422 e. The molecule has 0 fully saturated rings. The Morgan fingerprint density at radius 2 is 0.647 bits per heavy atom. The Balaban J connectivity index is 0.00000139. The number of carbonyl (C=O) groups excluding carboxylic acids is 10. The van der Waals surface area contributed by atoms with Crippen molar-refractivity contribution in [2.75, 3.05) is 41.0 Å². The summed E-state index contributed by atoms with van der Waals surface area (Å²) in [7, 11) is 0. The van der Waals surface area contributed by atoms with E-state index < -0.39 is 116 Å². The highest BCUT2D eigenvalue weighted by Gasteiger charge is 2.33. The number of anilines is 5. The molecule has 2 amide bonds. The van der Waals surface area contributed by atoms with Gasteiger partial charge >= 0.3 is 77.2 Å². The Morgan fingerprint density at radius 1 is 0.395 bits per heavy atom. The van der Waals surface area contributed by atoms with Gasteiger partial charge < -0.3 is 66.1 Å². The number of rotatable bonds is 17. The van der Waals surface area contributed by atoms with E-state index in [0.29, 0.717) is 67.9 Å². The number of aromatic nitrogens is 6. The molecule has 0 saturated carbocycles. The zero-order valence-corrected chi connectivity index (χ0v) is 70.0. The van der Waals surface area contributed by atoms with Crippen LogP contribution >= 0.6 is 11.6 Å². The second-order valence-electron chi connectivity index (χ2n) is 30.1. The van der Waals surface area contributed by atoms with E-state index >= 15 is 0 Å². The first kappa shape index (κ1) is 106. The van der Waals surface area contributed by atoms with Crippen molar-refractivity contribution in [3.63, 3.8) is 0 Å². The van der Waals surface area contributed by atoms with Crippen molar-refractivity contribution in [1.29, 1.82) is 0 Å². The van der Waals surface area contributed by atoms with E-state index in [9.17, 15) is 99.3 Å². The van der Waals surface area contributed by atoms with Crippen LogP contribution in [0.2, 0.25) is 0 Å². The number of nitrogen functional groups attached to an aromatic ring is 3. The Bertz CT molecular complexity index is 4510. The fourth-order valence-corrected chi connectivity index (χ4v) is 8.29. The zero-order chi connectivity index (χ0) is 92.4. The number of alkyl halides is 6. The number of nitrogens with one attached hydrogen (secondary N) is 2. The van der Waals surface area contributed by atoms with Crippen molar-refractivity contribution in [2.24, 2.45) is 0 Å². The fourth-order valence-electron chi connectivity index (χ4n) is 8.23. The van der Waals surface area contributed by atoms with Crippen molar-refractivity contribution in [3.8, 4) is 0 Å². The first-order valence-corrected chi connectivity index (χ1v) is 35.3. The molecule has 43 heteroatoms. The third kappa shape index (κ3) is 49.8. The molecule has 0 atom stereocenters. The number of nitrogens with zero attached hydrogens (tertiary/aromatic N) is 8. The highest BCUT2D eigenvalue weighted by atomic mass is 35.5. The number of amides is 2. The third-order valence-electron chi connectivity index (χ3n) is 12.9. The average molecular weight is 1710 g/mol. The molecule has 6 aromatic rings. The number of esters is 7. The number of nitrogens with two attached hydrogens (primary N) is 3. The number of ether oxygens (including phenoxy) is 7. The Hall–Kier alpha value is -12.7. The topological polar surface area (TPSA) is 538 Å². The van der Waals surface area contributed by atoms with Crippen molar-refractivity contribution >= 4 is 116 Å². The summed E-state index contributed by atoms with van der Waals surface area (Å²) >= 11 is 4.48. The summed E-state index contributed by atoms with van der Waals surface area (Å²) in [6.45, 7) is 33.7. The van der Waals surface area contributed by atoms with Crippen LogP contribution in [0.25, 0.3) is 0 Å². The number of carboxylic acid groups (broad SMARTS) is 1. The van der Waals surface area contributed by atoms with Crippen LogP contribution in [-0.4, -0.2) is 163 Å². The second-order valence-corrected chi connectivity index (χ2v) is 30.4. The van der Waals surface area contributed by atoms with Gasteiger partial charge in [0, 0.05) is 12.1 Å². The van der Waals surface area contributed by atoms with Gasteiger partial charge in [0.05, 0.1) is 118 Å². The highest BCUT2D eigenvalue weighted by Crippen LogP contribution is 2.23. The van der Waals surface area contributed by atoms with Crippen molar-refractivity contribution < 1.29 is 127 Å². The number of hydrogen-bond acceptors (Lipinski definition) is 31. The van der Waals surface area contributed by atoms with Gasteiger partial charge in [0.25, 0.3) is 11.4 Å². The summed E-state index contributed by atoms with van der Waals surface area (Å²) in [5.74, 6) is -8.96. The summed E-state index contributed by atoms with van der Waals surface area (Å²) in [6, 6.07) is 9.35. The van der Waals surface area contributed by atoms with Crippen LogP contribution < -0.4 is 27.8 Å². The molecule has 0 unspecified atom stereocenters. The third-order valence-corrected chi connectivity index (χ3v) is 13.1. The number of aliphatic carboxylic acids is 1. The van der Waals surface area contributed by atoms with Gasteiger partial charge in [0.1, 0.15) is 46.2 Å². The van der Waals surface area contributed by atoms with E-state index in [1.54, 1.807) is 121 Å². The van der Waals surface area contributed by atoms with Gasteiger partial charge in [-0.05, 0) is 215 Å². The van der Waals surface area contributed by atoms with E-state index in [1.807, 2.05) is 55.4 Å². The summed E-state index contributed by atoms with van der Waals surface area (Å²) in [6.07, 6.45) is -1.21. The fraction of sp³-hybridized carbons (Fsp3) is 0.461. The van der Waals surface area contributed by atoms with Crippen molar-refractivity contribution in [1.82, 2.24) is 29.9 Å². The number of carboxylic acids is 1. The smallest absolute Gasteiger partial charge is 0.422 e. The molecule has 0 aliphatic rings. The number of hydrogen-bond donors (Lipinski definition) is 6. The number of nitro groups is 2. The van der Waals surface area contributed by atoms with Crippen LogP contribution in [0.1, 0.15) is 166 Å². The first-order valence-electron chi connectivity index (χ1n) is 34.9. The molecule has 119 heavy (non-hydrogen) atoms. The van der Waals surface area contributed by atoms with Gasteiger partial charge in [-0.2, -0.15) is 26.3 Å². The minimum Gasteiger partial charge on any atom is -0.474 e. The molecule has 6 aromatic heterocycles. The maximum absolute atomic E-state index is 12.0. The summed E-state index contributed by atoms with van der Waals surface area (Å²) in [4.78, 5) is 166. The second kappa shape index (κ2) is 46.9. The van der Waals surface area contributed by atoms with Crippen molar-refractivity contribution in [2.45, 2.75) is 218 Å². The van der Waals surface area contributed by atoms with E-state index in [-0.39, 0.29) is 66.8 Å². The minimum atomic E-state index is -4.72. The van der Waals surface area contributed by atoms with Crippen LogP contribution in [-0.2, 0) is 118 Å². The lowest BCUT2D eigenvalue weighted by molar-refractivity contribution is -0.385. The molecule has 0 spiro atoms. The van der Waals surface area contributed by atoms with Gasteiger partial charge in [0.2, 0.25) is 0 Å². The summed E-state index contributed by atoms with van der Waals surface area (Å²) < 4.78 is 103. The zero-order valence-electron chi connectivity index (χ0n) is 69.3. The van der Waals surface area contributed by atoms with Crippen LogP contribution in [0.5, 0.6) is 0 Å². The molecule has 0 radical (unpaired) electrons. The standard InChI is InChI=1S/C16H19F3N2O5.C14H18N2O5.C12H16N2O4.2C12H18N2O2.C6H7N3O2.C4H2ClF3O3/c1-9-5-10(21-13(23)14(24)25-8-16(17,18)19)7-20-11(9)6-12(22)26-15(2,3)4;1-8-5-9(16-12(18)13(19)20)7-15-10(8)6-11(17)21-14(2,3)4;1-8-5-9(14(16)17)7-13-10(8)6-11(15)18-12(2,3)4;2*1-8-5-9(13)7-14-10(8)6-11(15)16-12(2,3)4;1-4-2-5(9(10)11)3-8-6(4)7;5-2(9)3(10)11-1-4(6,7)8/h5,7H,6,8H2,1-4H3,(H,21,23);5,7H,6H2,1-4H3,(H,16,18)(H,19,20);5,7H,6H2,1-4H3;2*5,7H,6,13H2,1-4H3;2-3H,1H3,(H2,7,8);1H2. The van der Waals surface area contributed by atoms with E-state index in [2.05, 4.69) is 61.6 Å². The molecule has 36 nitrogen and oxygen atoms in total. The van der Waals surface area contributed by atoms with Crippen LogP contribution in [0.3, 0.4) is 0 Å². The lowest BCUT2D eigenvalue weighted by Crippen LogP contribution is -2.29. The molecule has 9 N–H and O–H groups in total. The van der Waals surface area contributed by atoms with Gasteiger partial charge in [-0.1, -0.05) is 0 Å². The lowest BCUT2D eigenvalue weighted by atomic mass is 10.1. The Kier molecular flexibility index (Phi) is 41.9. The number of carbonyl (C=O) groups is 11. The van der Waals surface area contributed by atoms with E-state index in [0.717, 1.165) is 23.5 Å². The maximum atomic E-state index is 12.0. The van der Waals surface area contributed by atoms with Crippen LogP contribution in [0.4, 0.5) is 66.3 Å². The summed E-state index contributed by atoms with van der Waals surface area (Å²) in [5.41, 5.74) is 22.3. The number of aryl methyl sites for hydroxylation is 6. The first-order chi connectivity index (χ1) is 54.0. The molecule has 654 valence electrons. The van der Waals surface area contributed by atoms with E-state index in [1.165, 1.54) is 30.6 Å². The molecular weight excluding hydrogens is 1610 g/mol. The van der Waals surface area contributed by atoms with E-state index in [4.69, 9.17) is 46.0 Å². The lowest BCUT2D eigenvalue weighted by Gasteiger charge is -2.19. The predicted octanol–water partition coefficient (Wildman–Crippen LogP) is 11.2. The van der Waals surface area contributed by atoms with Gasteiger partial charge in [-0.25, -0.2) is 19.4 Å². The average Bonchev–Trinajstić information content (AvgIpc) is 0.896. The SMILES string of the molecule is Cc1cc(N)cnc1CC(=O)OC(C)(C)C.Cc1cc(N)cnc1CC(=O)OC(C)(C)C.Cc1cc(NC(=O)C(=O)O)cnc1CC(=O)OC(C)(C)C.Cc1cc(NC(=O)C(=O)OCC(F)(F)F)cnc1CC(=O)OC(C)(C)C.Cc1cc([N+](=O)[O-])cnc1CC(=O)OC(C)(C)C.Cc1cc([N+](=O)[O-])cnc1N.O=C(Cl)C(=O)OCC(F)(F)F. The molecular formula is C76H98ClF6N13O23. The molecule has 0 aromatic carbocycles. The number of pyridine rings is 6.